The first-order valence-corrected chi connectivity index (χ1v) is 14.8. The summed E-state index contributed by atoms with van der Waals surface area (Å²) in [5.41, 5.74) is 6.73. The van der Waals surface area contributed by atoms with Gasteiger partial charge in [0.25, 0.3) is 0 Å². The van der Waals surface area contributed by atoms with E-state index >= 15 is 0 Å². The van der Waals surface area contributed by atoms with Crippen molar-refractivity contribution in [3.05, 3.63) is 161 Å². The summed E-state index contributed by atoms with van der Waals surface area (Å²) in [5, 5.41) is 11.7. The van der Waals surface area contributed by atoms with Gasteiger partial charge in [-0.25, -0.2) is 4.98 Å². The normalized spacial score (nSPS) is 13.2. The van der Waals surface area contributed by atoms with Gasteiger partial charge < -0.3 is 14.7 Å². The van der Waals surface area contributed by atoms with E-state index in [0.29, 0.717) is 19.3 Å². The van der Waals surface area contributed by atoms with Crippen LogP contribution in [-0.4, -0.2) is 25.6 Å². The molecular weight excluding hydrogens is 530 g/mol. The zero-order valence-electron chi connectivity index (χ0n) is 24.9. The molecule has 0 aliphatic rings. The molecule has 2 N–H and O–H groups in total. The Morgan fingerprint density at radius 3 is 1.81 bits per heavy atom. The average Bonchev–Trinajstić information content (AvgIpc) is 3.57. The summed E-state index contributed by atoms with van der Waals surface area (Å²) in [7, 11) is 0. The SMILES string of the molecule is Cc1c(CCC(C)(Cc2ncn(C(c3ccccc3)(c3ccccc3)c3ccccc3)c2C)C(=O)O)[nH]c2ccccc12. The Kier molecular flexibility index (Phi) is 7.49. The summed E-state index contributed by atoms with van der Waals surface area (Å²) in [5.74, 6) is -0.810. The van der Waals surface area contributed by atoms with Crippen LogP contribution in [0.15, 0.2) is 122 Å². The number of carboxylic acids is 1. The van der Waals surface area contributed by atoms with E-state index in [4.69, 9.17) is 4.98 Å². The minimum Gasteiger partial charge on any atom is -0.481 e. The van der Waals surface area contributed by atoms with Crippen LogP contribution in [0.1, 0.15) is 52.7 Å². The molecule has 4 aromatic carbocycles. The van der Waals surface area contributed by atoms with Crippen molar-refractivity contribution in [3.8, 4) is 0 Å². The van der Waals surface area contributed by atoms with Crippen LogP contribution >= 0.6 is 0 Å². The molecule has 0 bridgehead atoms. The quantitative estimate of drug-likeness (QED) is 0.164. The third-order valence-corrected chi connectivity index (χ3v) is 9.11. The molecule has 2 heterocycles. The van der Waals surface area contributed by atoms with Gasteiger partial charge in [-0.1, -0.05) is 109 Å². The largest absolute Gasteiger partial charge is 0.481 e. The topological polar surface area (TPSA) is 70.9 Å². The highest BCUT2D eigenvalue weighted by atomic mass is 16.4. The van der Waals surface area contributed by atoms with Gasteiger partial charge in [-0.2, -0.15) is 0 Å². The molecule has 6 aromatic rings. The summed E-state index contributed by atoms with van der Waals surface area (Å²) < 4.78 is 2.23. The molecule has 0 aliphatic heterocycles. The summed E-state index contributed by atoms with van der Waals surface area (Å²) in [4.78, 5) is 21.3. The van der Waals surface area contributed by atoms with Crippen LogP contribution < -0.4 is 0 Å². The van der Waals surface area contributed by atoms with E-state index in [1.807, 2.05) is 43.6 Å². The number of carboxylic acid groups (broad SMARTS) is 1. The minimum absolute atomic E-state index is 0.328. The lowest BCUT2D eigenvalue weighted by Gasteiger charge is -2.38. The molecule has 0 aliphatic carbocycles. The first-order valence-electron chi connectivity index (χ1n) is 14.8. The van der Waals surface area contributed by atoms with Crippen LogP contribution in [0.5, 0.6) is 0 Å². The molecule has 43 heavy (non-hydrogen) atoms. The number of aromatic nitrogens is 3. The van der Waals surface area contributed by atoms with Crippen molar-refractivity contribution in [2.75, 3.05) is 0 Å². The van der Waals surface area contributed by atoms with Crippen LogP contribution in [0, 0.1) is 19.3 Å². The van der Waals surface area contributed by atoms with Gasteiger partial charge in [0.05, 0.1) is 17.4 Å². The summed E-state index contributed by atoms with van der Waals surface area (Å²) in [6.07, 6.45) is 3.35. The second kappa shape index (κ2) is 11.4. The van der Waals surface area contributed by atoms with Crippen molar-refractivity contribution in [1.29, 1.82) is 0 Å². The van der Waals surface area contributed by atoms with Gasteiger partial charge in [0.15, 0.2) is 0 Å². The Bertz CT molecular complexity index is 1760. The Morgan fingerprint density at radius 1 is 0.791 bits per heavy atom. The average molecular weight is 568 g/mol. The number of aliphatic carboxylic acids is 1. The molecular formula is C38H37N3O2. The lowest BCUT2D eigenvalue weighted by atomic mass is 9.76. The Balaban J connectivity index is 1.42. The Morgan fingerprint density at radius 2 is 1.30 bits per heavy atom. The highest BCUT2D eigenvalue weighted by Gasteiger charge is 2.41. The van der Waals surface area contributed by atoms with E-state index in [0.717, 1.165) is 39.3 Å². The number of hydrogen-bond acceptors (Lipinski definition) is 2. The molecule has 1 unspecified atom stereocenters. The van der Waals surface area contributed by atoms with E-state index < -0.39 is 16.9 Å². The van der Waals surface area contributed by atoms with Crippen molar-refractivity contribution in [2.45, 2.75) is 45.6 Å². The molecule has 0 saturated carbocycles. The predicted octanol–water partition coefficient (Wildman–Crippen LogP) is 8.09. The standard InChI is InChI=1S/C38H37N3O2/c1-27-32-21-13-14-22-34(32)40-33(27)23-24-37(3,36(42)43)25-35-28(2)41(26-39-35)38(29-15-7-4-8-16-29,30-17-9-5-10-18-30)31-19-11-6-12-20-31/h4-22,26,40H,23-25H2,1-3H3,(H,42,43). The first kappa shape index (κ1) is 28.2. The number of imidazole rings is 1. The molecule has 5 nitrogen and oxygen atoms in total. The number of nitrogens with zero attached hydrogens (tertiary/aromatic N) is 2. The van der Waals surface area contributed by atoms with Crippen molar-refractivity contribution >= 4 is 16.9 Å². The molecule has 0 radical (unpaired) electrons. The summed E-state index contributed by atoms with van der Waals surface area (Å²) in [6, 6.07) is 39.7. The molecule has 0 spiro atoms. The zero-order chi connectivity index (χ0) is 30.0. The first-order chi connectivity index (χ1) is 20.8. The number of para-hydroxylation sites is 1. The van der Waals surface area contributed by atoms with Gasteiger partial charge in [0.1, 0.15) is 5.54 Å². The minimum atomic E-state index is -0.997. The molecule has 2 aromatic heterocycles. The van der Waals surface area contributed by atoms with Gasteiger partial charge in [-0.15, -0.1) is 0 Å². The highest BCUT2D eigenvalue weighted by Crippen LogP contribution is 2.42. The van der Waals surface area contributed by atoms with Crippen molar-refractivity contribution in [1.82, 2.24) is 14.5 Å². The maximum Gasteiger partial charge on any atom is 0.309 e. The fourth-order valence-corrected chi connectivity index (χ4v) is 6.54. The zero-order valence-corrected chi connectivity index (χ0v) is 24.9. The van der Waals surface area contributed by atoms with E-state index in [2.05, 4.69) is 108 Å². The number of benzene rings is 4. The van der Waals surface area contributed by atoms with E-state index in [1.165, 1.54) is 10.9 Å². The molecule has 0 saturated heterocycles. The van der Waals surface area contributed by atoms with Crippen LogP contribution in [-0.2, 0) is 23.2 Å². The number of nitrogens with one attached hydrogen (secondary N) is 1. The summed E-state index contributed by atoms with van der Waals surface area (Å²) >= 11 is 0. The number of rotatable bonds is 10. The van der Waals surface area contributed by atoms with Crippen molar-refractivity contribution in [3.63, 3.8) is 0 Å². The molecule has 6 rings (SSSR count). The van der Waals surface area contributed by atoms with E-state index in [-0.39, 0.29) is 0 Å². The van der Waals surface area contributed by atoms with Gasteiger partial charge in [-0.05, 0) is 61.9 Å². The molecule has 0 amide bonds. The Labute approximate surface area is 252 Å². The maximum absolute atomic E-state index is 12.8. The fourth-order valence-electron chi connectivity index (χ4n) is 6.54. The number of aromatic amines is 1. The molecule has 0 fully saturated rings. The van der Waals surface area contributed by atoms with Crippen LogP contribution in [0.2, 0.25) is 0 Å². The van der Waals surface area contributed by atoms with Crippen molar-refractivity contribution < 1.29 is 9.90 Å². The van der Waals surface area contributed by atoms with E-state index in [9.17, 15) is 9.90 Å². The third-order valence-electron chi connectivity index (χ3n) is 9.11. The second-order valence-electron chi connectivity index (χ2n) is 11.8. The second-order valence-corrected chi connectivity index (χ2v) is 11.8. The van der Waals surface area contributed by atoms with E-state index in [1.54, 1.807) is 0 Å². The van der Waals surface area contributed by atoms with Crippen LogP contribution in [0.3, 0.4) is 0 Å². The summed E-state index contributed by atoms with van der Waals surface area (Å²) in [6.45, 7) is 6.02. The monoisotopic (exact) mass is 567 g/mol. The van der Waals surface area contributed by atoms with Gasteiger partial charge in [0.2, 0.25) is 0 Å². The van der Waals surface area contributed by atoms with Crippen molar-refractivity contribution in [2.24, 2.45) is 5.41 Å². The maximum atomic E-state index is 12.8. The predicted molar refractivity (Wildman–Crippen MR) is 172 cm³/mol. The highest BCUT2D eigenvalue weighted by molar-refractivity contribution is 5.84. The number of carbonyl (C=O) groups is 1. The van der Waals surface area contributed by atoms with Gasteiger partial charge in [0, 0.05) is 28.7 Å². The number of aryl methyl sites for hydroxylation is 2. The number of H-pyrrole nitrogens is 1. The number of hydrogen-bond donors (Lipinski definition) is 2. The smallest absolute Gasteiger partial charge is 0.309 e. The van der Waals surface area contributed by atoms with Crippen LogP contribution in [0.4, 0.5) is 0 Å². The van der Waals surface area contributed by atoms with Gasteiger partial charge in [-0.3, -0.25) is 4.79 Å². The Hall–Kier alpha value is -4.90. The molecule has 216 valence electrons. The molecule has 5 heteroatoms. The third kappa shape index (κ3) is 4.95. The fraction of sp³-hybridized carbons (Fsp3) is 0.211. The number of fused-ring (bicyclic) bond motifs is 1. The lowest BCUT2D eigenvalue weighted by molar-refractivity contribution is -0.148. The van der Waals surface area contributed by atoms with Gasteiger partial charge >= 0.3 is 5.97 Å². The lowest BCUT2D eigenvalue weighted by Crippen LogP contribution is -2.38. The van der Waals surface area contributed by atoms with Crippen LogP contribution in [0.25, 0.3) is 10.9 Å². The molecule has 1 atom stereocenters.